The summed E-state index contributed by atoms with van der Waals surface area (Å²) in [5, 5.41) is 4.55. The summed E-state index contributed by atoms with van der Waals surface area (Å²) in [6.07, 6.45) is 5.43. The fourth-order valence-corrected chi connectivity index (χ4v) is 2.09. The average molecular weight is 274 g/mol. The van der Waals surface area contributed by atoms with Crippen LogP contribution in [0.5, 0.6) is 0 Å². The predicted molar refractivity (Wildman–Crippen MR) is 77.4 cm³/mol. The summed E-state index contributed by atoms with van der Waals surface area (Å²) in [6.45, 7) is 6.85. The van der Waals surface area contributed by atoms with Crippen LogP contribution in [0.25, 0.3) is 0 Å². The van der Waals surface area contributed by atoms with Crippen molar-refractivity contribution in [3.8, 4) is 0 Å². The fraction of sp³-hybridized carbons (Fsp3) is 0.533. The van der Waals surface area contributed by atoms with Crippen molar-refractivity contribution in [1.82, 2.24) is 19.7 Å². The molecule has 108 valence electrons. The van der Waals surface area contributed by atoms with Gasteiger partial charge in [-0.15, -0.1) is 0 Å². The topological polar surface area (TPSA) is 52.8 Å². The van der Waals surface area contributed by atoms with Crippen molar-refractivity contribution >= 4 is 0 Å². The second-order valence-corrected chi connectivity index (χ2v) is 5.82. The molecule has 0 bridgehead atoms. The van der Waals surface area contributed by atoms with Gasteiger partial charge in [0.1, 0.15) is 12.4 Å². The Morgan fingerprint density at radius 2 is 1.85 bits per heavy atom. The van der Waals surface area contributed by atoms with Crippen LogP contribution in [0.15, 0.2) is 24.5 Å². The van der Waals surface area contributed by atoms with Gasteiger partial charge in [0.05, 0.1) is 5.54 Å². The summed E-state index contributed by atoms with van der Waals surface area (Å²) in [6, 6.07) is 4.07. The molecule has 0 saturated heterocycles. The third kappa shape index (κ3) is 3.63. The second kappa shape index (κ2) is 6.13. The van der Waals surface area contributed by atoms with E-state index in [-0.39, 0.29) is 5.54 Å². The highest BCUT2D eigenvalue weighted by Crippen LogP contribution is 2.17. The number of hydrogen-bond donors (Lipinski definition) is 0. The molecule has 0 saturated carbocycles. The molecule has 0 aliphatic carbocycles. The maximum Gasteiger partial charge on any atom is 0.176 e. The van der Waals surface area contributed by atoms with Crippen molar-refractivity contribution < 1.29 is 4.74 Å². The highest BCUT2D eigenvalue weighted by Gasteiger charge is 2.20. The predicted octanol–water partition coefficient (Wildman–Crippen LogP) is 2.36. The van der Waals surface area contributed by atoms with Crippen LogP contribution in [0.2, 0.25) is 0 Å². The summed E-state index contributed by atoms with van der Waals surface area (Å²) in [4.78, 5) is 8.63. The van der Waals surface area contributed by atoms with E-state index in [1.54, 1.807) is 7.11 Å². The van der Waals surface area contributed by atoms with Crippen LogP contribution in [0.3, 0.4) is 0 Å². The van der Waals surface area contributed by atoms with Crippen molar-refractivity contribution in [2.24, 2.45) is 0 Å². The van der Waals surface area contributed by atoms with Gasteiger partial charge in [-0.2, -0.15) is 5.10 Å². The first-order valence-corrected chi connectivity index (χ1v) is 6.84. The number of ether oxygens (including phenoxy) is 1. The Balaban J connectivity index is 2.17. The fourth-order valence-electron chi connectivity index (χ4n) is 2.09. The smallest absolute Gasteiger partial charge is 0.176 e. The van der Waals surface area contributed by atoms with Crippen LogP contribution in [0, 0.1) is 0 Å². The van der Waals surface area contributed by atoms with Gasteiger partial charge in [-0.25, -0.2) is 9.67 Å². The summed E-state index contributed by atoms with van der Waals surface area (Å²) < 4.78 is 7.13. The SMILES string of the molecule is COCc1nc(CCc2ccncc2)n(C(C)(C)C)n1. The van der Waals surface area contributed by atoms with Gasteiger partial charge in [0.15, 0.2) is 5.82 Å². The lowest BCUT2D eigenvalue weighted by atomic mass is 10.1. The lowest BCUT2D eigenvalue weighted by Crippen LogP contribution is -2.26. The van der Waals surface area contributed by atoms with Crippen molar-refractivity contribution in [3.63, 3.8) is 0 Å². The van der Waals surface area contributed by atoms with Crippen molar-refractivity contribution in [1.29, 1.82) is 0 Å². The van der Waals surface area contributed by atoms with Crippen LogP contribution >= 0.6 is 0 Å². The zero-order valence-electron chi connectivity index (χ0n) is 12.6. The number of nitrogens with zero attached hydrogens (tertiary/aromatic N) is 4. The minimum absolute atomic E-state index is 0.0768. The molecule has 0 atom stereocenters. The van der Waals surface area contributed by atoms with E-state index in [9.17, 15) is 0 Å². The Hall–Kier alpha value is -1.75. The van der Waals surface area contributed by atoms with Crippen LogP contribution in [-0.4, -0.2) is 26.9 Å². The Morgan fingerprint density at radius 1 is 1.15 bits per heavy atom. The molecule has 0 aliphatic heterocycles. The molecule has 0 aromatic carbocycles. The second-order valence-electron chi connectivity index (χ2n) is 5.82. The zero-order valence-corrected chi connectivity index (χ0v) is 12.6. The molecule has 0 fully saturated rings. The molecule has 2 aromatic rings. The summed E-state index contributed by atoms with van der Waals surface area (Å²) in [5.74, 6) is 1.74. The third-order valence-corrected chi connectivity index (χ3v) is 3.01. The van der Waals surface area contributed by atoms with E-state index in [0.29, 0.717) is 6.61 Å². The van der Waals surface area contributed by atoms with Gasteiger partial charge in [-0.05, 0) is 44.9 Å². The van der Waals surface area contributed by atoms with Gasteiger partial charge in [0, 0.05) is 25.9 Å². The van der Waals surface area contributed by atoms with Gasteiger partial charge >= 0.3 is 0 Å². The van der Waals surface area contributed by atoms with E-state index < -0.39 is 0 Å². The van der Waals surface area contributed by atoms with Gasteiger partial charge in [-0.1, -0.05) is 0 Å². The summed E-state index contributed by atoms with van der Waals surface area (Å²) >= 11 is 0. The lowest BCUT2D eigenvalue weighted by molar-refractivity contribution is 0.176. The Morgan fingerprint density at radius 3 is 2.45 bits per heavy atom. The van der Waals surface area contributed by atoms with Crippen molar-refractivity contribution in [2.75, 3.05) is 7.11 Å². The van der Waals surface area contributed by atoms with Crippen molar-refractivity contribution in [3.05, 3.63) is 41.7 Å². The first kappa shape index (κ1) is 14.7. The minimum atomic E-state index is -0.0768. The summed E-state index contributed by atoms with van der Waals surface area (Å²) in [5.41, 5.74) is 1.18. The minimum Gasteiger partial charge on any atom is -0.377 e. The molecule has 0 N–H and O–H groups in total. The molecule has 5 nitrogen and oxygen atoms in total. The van der Waals surface area contributed by atoms with Gasteiger partial charge in [-0.3, -0.25) is 4.98 Å². The molecule has 0 radical (unpaired) electrons. The lowest BCUT2D eigenvalue weighted by Gasteiger charge is -2.21. The molecule has 0 aliphatic rings. The standard InChI is InChI=1S/C15H22N4O/c1-15(2,3)19-14(17-13(18-19)11-20-4)6-5-12-7-9-16-10-8-12/h7-10H,5-6,11H2,1-4H3. The summed E-state index contributed by atoms with van der Waals surface area (Å²) in [7, 11) is 1.66. The molecule has 0 unspecified atom stereocenters. The largest absolute Gasteiger partial charge is 0.377 e. The van der Waals surface area contributed by atoms with Gasteiger partial charge in [0.25, 0.3) is 0 Å². The van der Waals surface area contributed by atoms with Gasteiger partial charge in [0.2, 0.25) is 0 Å². The molecule has 2 rings (SSSR count). The van der Waals surface area contributed by atoms with E-state index in [4.69, 9.17) is 4.74 Å². The van der Waals surface area contributed by atoms with Crippen LogP contribution in [-0.2, 0) is 29.7 Å². The monoisotopic (exact) mass is 274 g/mol. The van der Waals surface area contributed by atoms with E-state index in [0.717, 1.165) is 24.5 Å². The van der Waals surface area contributed by atoms with Crippen LogP contribution in [0.1, 0.15) is 38.0 Å². The molecule has 5 heteroatoms. The first-order chi connectivity index (χ1) is 9.50. The molecular weight excluding hydrogens is 252 g/mol. The van der Waals surface area contributed by atoms with E-state index >= 15 is 0 Å². The maximum absolute atomic E-state index is 5.13. The van der Waals surface area contributed by atoms with E-state index in [1.807, 2.05) is 29.2 Å². The number of methoxy groups -OCH3 is 1. The molecule has 2 heterocycles. The molecular formula is C15H22N4O. The van der Waals surface area contributed by atoms with Crippen LogP contribution in [0.4, 0.5) is 0 Å². The molecule has 0 amide bonds. The van der Waals surface area contributed by atoms with Crippen LogP contribution < -0.4 is 0 Å². The molecule has 20 heavy (non-hydrogen) atoms. The van der Waals surface area contributed by atoms with Gasteiger partial charge < -0.3 is 4.74 Å². The Bertz CT molecular complexity index is 543. The Labute approximate surface area is 120 Å². The number of hydrogen-bond acceptors (Lipinski definition) is 4. The third-order valence-electron chi connectivity index (χ3n) is 3.01. The average Bonchev–Trinajstić information content (AvgIpc) is 2.81. The Kier molecular flexibility index (Phi) is 4.49. The molecule has 0 spiro atoms. The number of pyridine rings is 1. The first-order valence-electron chi connectivity index (χ1n) is 6.84. The normalized spacial score (nSPS) is 11.8. The highest BCUT2D eigenvalue weighted by molar-refractivity contribution is 5.11. The highest BCUT2D eigenvalue weighted by atomic mass is 16.5. The number of rotatable bonds is 5. The van der Waals surface area contributed by atoms with E-state index in [2.05, 4.69) is 35.8 Å². The maximum atomic E-state index is 5.13. The zero-order chi connectivity index (χ0) is 14.6. The van der Waals surface area contributed by atoms with E-state index in [1.165, 1.54) is 5.56 Å². The number of aryl methyl sites for hydroxylation is 2. The van der Waals surface area contributed by atoms with Crippen molar-refractivity contribution in [2.45, 2.75) is 45.8 Å². The quantitative estimate of drug-likeness (QED) is 0.840. The molecule has 2 aromatic heterocycles. The number of aromatic nitrogens is 4.